The Kier molecular flexibility index (Phi) is 6.61. The molecule has 6 heterocycles. The van der Waals surface area contributed by atoms with Gasteiger partial charge in [-0.05, 0) is 62.1 Å². The first-order valence-corrected chi connectivity index (χ1v) is 16.2. The third-order valence-corrected chi connectivity index (χ3v) is 10.4. The van der Waals surface area contributed by atoms with E-state index in [1.807, 2.05) is 24.5 Å². The second-order valence-electron chi connectivity index (χ2n) is 12.3. The minimum absolute atomic E-state index is 0.0290. The summed E-state index contributed by atoms with van der Waals surface area (Å²) in [6, 6.07) is 9.09. The summed E-state index contributed by atoms with van der Waals surface area (Å²) < 4.78 is 43.5. The number of alkyl halides is 1. The first kappa shape index (κ1) is 27.3. The van der Waals surface area contributed by atoms with Crippen LogP contribution < -0.4 is 9.64 Å². The summed E-state index contributed by atoms with van der Waals surface area (Å²) >= 11 is 1.55. The summed E-state index contributed by atoms with van der Waals surface area (Å²) in [4.78, 5) is 19.3. The van der Waals surface area contributed by atoms with Gasteiger partial charge in [0.05, 0.1) is 23.1 Å². The first-order valence-electron chi connectivity index (χ1n) is 15.0. The molecule has 0 spiro atoms. The van der Waals surface area contributed by atoms with Crippen molar-refractivity contribution in [1.29, 1.82) is 0 Å². The quantitative estimate of drug-likeness (QED) is 0.277. The van der Waals surface area contributed by atoms with Gasteiger partial charge in [-0.2, -0.15) is 9.97 Å². The third-order valence-electron chi connectivity index (χ3n) is 9.62. The lowest BCUT2D eigenvalue weighted by molar-refractivity contribution is 0.0302. The highest BCUT2D eigenvalue weighted by molar-refractivity contribution is 7.98. The number of halogens is 2. The van der Waals surface area contributed by atoms with Gasteiger partial charge in [0.1, 0.15) is 35.6 Å². The summed E-state index contributed by atoms with van der Waals surface area (Å²) in [5, 5.41) is 12.7. The molecule has 4 aromatic rings. The molecule has 2 bridgehead atoms. The molecule has 4 atom stereocenters. The molecule has 4 aliphatic rings. The lowest BCUT2D eigenvalue weighted by Gasteiger charge is -2.34. The van der Waals surface area contributed by atoms with Gasteiger partial charge in [-0.3, -0.25) is 9.88 Å². The van der Waals surface area contributed by atoms with Crippen LogP contribution in [0.25, 0.3) is 32.9 Å². The van der Waals surface area contributed by atoms with Crippen LogP contribution in [0.15, 0.2) is 41.4 Å². The summed E-state index contributed by atoms with van der Waals surface area (Å²) in [5.74, 6) is -0.00369. The van der Waals surface area contributed by atoms with E-state index in [9.17, 15) is 9.50 Å². The van der Waals surface area contributed by atoms with Gasteiger partial charge in [-0.15, -0.1) is 11.8 Å². The van der Waals surface area contributed by atoms with Crippen molar-refractivity contribution in [1.82, 2.24) is 19.9 Å². The molecule has 8 nitrogen and oxygen atoms in total. The molecule has 4 aliphatic heterocycles. The number of aromatic nitrogens is 3. The molecule has 0 aliphatic carbocycles. The van der Waals surface area contributed by atoms with Gasteiger partial charge in [-0.25, -0.2) is 8.78 Å². The monoisotopic (exact) mass is 605 g/mol. The van der Waals surface area contributed by atoms with Gasteiger partial charge < -0.3 is 19.5 Å². The molecule has 2 aromatic carbocycles. The molecule has 11 heteroatoms. The standard InChI is InChI=1S/C32H33F2N5O3S/c1-43-25-5-2-4-18-10-20(40)11-23(26(18)25)28-27(34)29-24(13-35-28)30(38-15-21-6-7-22(16-38)42-21)37-31(36-29)41-17-32-8-3-9-39(32)14-19(33)12-32/h2,4-5,10-11,13,19,21-22,40H,3,6-9,12,14-17H2,1H3/t19-,21?,22?,32+/m1/s1. The van der Waals surface area contributed by atoms with Crippen molar-refractivity contribution in [2.24, 2.45) is 0 Å². The normalized spacial score (nSPS) is 27.0. The Hall–Kier alpha value is -3.28. The van der Waals surface area contributed by atoms with E-state index >= 15 is 4.39 Å². The minimum Gasteiger partial charge on any atom is -0.508 e. The van der Waals surface area contributed by atoms with E-state index in [1.165, 1.54) is 0 Å². The summed E-state index contributed by atoms with van der Waals surface area (Å²) in [7, 11) is 0. The molecule has 4 saturated heterocycles. The number of pyridine rings is 1. The zero-order chi connectivity index (χ0) is 29.3. The molecule has 0 amide bonds. The zero-order valence-corrected chi connectivity index (χ0v) is 24.7. The Balaban J connectivity index is 1.26. The number of benzene rings is 2. The number of aromatic hydroxyl groups is 1. The molecular formula is C32H33F2N5O3S. The number of rotatable bonds is 6. The van der Waals surface area contributed by atoms with Crippen LogP contribution in [0, 0.1) is 5.82 Å². The lowest BCUT2D eigenvalue weighted by Crippen LogP contribution is -2.44. The van der Waals surface area contributed by atoms with Crippen molar-refractivity contribution in [3.8, 4) is 23.0 Å². The highest BCUT2D eigenvalue weighted by atomic mass is 32.2. The minimum atomic E-state index is -0.879. The first-order chi connectivity index (χ1) is 20.9. The van der Waals surface area contributed by atoms with Crippen molar-refractivity contribution in [3.05, 3.63) is 42.3 Å². The number of phenols is 1. The number of phenolic OH excluding ortho intramolecular Hbond substituents is 1. The van der Waals surface area contributed by atoms with Crippen LogP contribution in [0.3, 0.4) is 0 Å². The van der Waals surface area contributed by atoms with Crippen LogP contribution in [0.4, 0.5) is 14.6 Å². The SMILES string of the molecule is CSc1cccc2cc(O)cc(-c3ncc4c(N5CC6CCC(C5)O6)nc(OC[C@@]56CCCN5C[C@H](F)C6)nc4c3F)c12. The molecule has 0 radical (unpaired) electrons. The molecule has 0 saturated carbocycles. The second kappa shape index (κ2) is 10.4. The topological polar surface area (TPSA) is 83.8 Å². The van der Waals surface area contributed by atoms with Crippen molar-refractivity contribution in [3.63, 3.8) is 0 Å². The van der Waals surface area contributed by atoms with Gasteiger partial charge in [0.15, 0.2) is 5.82 Å². The fourth-order valence-electron chi connectivity index (χ4n) is 7.68. The maximum Gasteiger partial charge on any atom is 0.319 e. The number of anilines is 1. The maximum absolute atomic E-state index is 16.8. The number of hydrogen-bond donors (Lipinski definition) is 1. The molecule has 2 aromatic heterocycles. The summed E-state index contributed by atoms with van der Waals surface area (Å²) in [6.07, 6.45) is 7.14. The van der Waals surface area contributed by atoms with E-state index in [-0.39, 0.29) is 47.3 Å². The molecule has 43 heavy (non-hydrogen) atoms. The van der Waals surface area contributed by atoms with Gasteiger partial charge >= 0.3 is 6.01 Å². The predicted octanol–water partition coefficient (Wildman–Crippen LogP) is 5.73. The molecule has 224 valence electrons. The molecular weight excluding hydrogens is 572 g/mol. The average molecular weight is 606 g/mol. The fourth-order valence-corrected chi connectivity index (χ4v) is 8.33. The molecule has 4 fully saturated rings. The number of hydrogen-bond acceptors (Lipinski definition) is 9. The fraction of sp³-hybridized carbons (Fsp3) is 0.469. The predicted molar refractivity (Wildman–Crippen MR) is 162 cm³/mol. The van der Waals surface area contributed by atoms with Crippen LogP contribution >= 0.6 is 11.8 Å². The van der Waals surface area contributed by atoms with Crippen LogP contribution in [-0.4, -0.2) is 87.9 Å². The van der Waals surface area contributed by atoms with E-state index in [4.69, 9.17) is 14.5 Å². The van der Waals surface area contributed by atoms with Gasteiger partial charge in [0.25, 0.3) is 0 Å². The largest absolute Gasteiger partial charge is 0.508 e. The van der Waals surface area contributed by atoms with E-state index in [0.29, 0.717) is 42.8 Å². The average Bonchev–Trinajstić information content (AvgIpc) is 3.65. The van der Waals surface area contributed by atoms with Crippen LogP contribution in [-0.2, 0) is 4.74 Å². The Labute approximate surface area is 252 Å². The number of thioether (sulfide) groups is 1. The number of morpholine rings is 1. The summed E-state index contributed by atoms with van der Waals surface area (Å²) in [6.45, 7) is 2.80. The van der Waals surface area contributed by atoms with Gasteiger partial charge in [0.2, 0.25) is 0 Å². The Morgan fingerprint density at radius 2 is 2.00 bits per heavy atom. The molecule has 1 N–H and O–H groups in total. The van der Waals surface area contributed by atoms with Gasteiger partial charge in [-0.1, -0.05) is 12.1 Å². The van der Waals surface area contributed by atoms with Gasteiger partial charge in [0, 0.05) is 48.1 Å². The highest BCUT2D eigenvalue weighted by Crippen LogP contribution is 2.42. The maximum atomic E-state index is 16.8. The van der Waals surface area contributed by atoms with Crippen LogP contribution in [0.1, 0.15) is 32.1 Å². The van der Waals surface area contributed by atoms with Crippen molar-refractivity contribution >= 4 is 39.3 Å². The van der Waals surface area contributed by atoms with Crippen molar-refractivity contribution in [2.75, 3.05) is 43.9 Å². The smallest absolute Gasteiger partial charge is 0.319 e. The van der Waals surface area contributed by atoms with E-state index < -0.39 is 12.0 Å². The van der Waals surface area contributed by atoms with Crippen LogP contribution in [0.2, 0.25) is 0 Å². The zero-order valence-electron chi connectivity index (χ0n) is 23.9. The van der Waals surface area contributed by atoms with E-state index in [2.05, 4.69) is 19.8 Å². The third kappa shape index (κ3) is 4.58. The molecule has 2 unspecified atom stereocenters. The van der Waals surface area contributed by atoms with E-state index in [1.54, 1.807) is 30.1 Å². The number of nitrogens with zero attached hydrogens (tertiary/aromatic N) is 5. The highest BCUT2D eigenvalue weighted by Gasteiger charge is 2.49. The van der Waals surface area contributed by atoms with Crippen molar-refractivity contribution in [2.45, 2.75) is 60.9 Å². The van der Waals surface area contributed by atoms with Crippen molar-refractivity contribution < 1.29 is 23.4 Å². The van der Waals surface area contributed by atoms with E-state index in [0.717, 1.165) is 47.9 Å². The molecule has 8 rings (SSSR count). The number of ether oxygens (including phenoxy) is 2. The lowest BCUT2D eigenvalue weighted by atomic mass is 9.95. The second-order valence-corrected chi connectivity index (χ2v) is 13.1. The number of fused-ring (bicyclic) bond motifs is 5. The Morgan fingerprint density at radius 3 is 2.81 bits per heavy atom. The Morgan fingerprint density at radius 1 is 1.16 bits per heavy atom. The Bertz CT molecular complexity index is 1730. The summed E-state index contributed by atoms with van der Waals surface area (Å²) in [5.41, 5.74) is 0.320. The van der Waals surface area contributed by atoms with Crippen LogP contribution in [0.5, 0.6) is 11.8 Å².